The number of ether oxygens (including phenoxy) is 2. The molecule has 0 saturated carbocycles. The molecule has 2 heterocycles. The number of rotatable bonds is 3. The Morgan fingerprint density at radius 3 is 2.59 bits per heavy atom. The van der Waals surface area contributed by atoms with E-state index in [0.29, 0.717) is 5.92 Å². The van der Waals surface area contributed by atoms with Gasteiger partial charge in [0.25, 0.3) is 0 Å². The summed E-state index contributed by atoms with van der Waals surface area (Å²) in [6, 6.07) is 6.91. The van der Waals surface area contributed by atoms with Crippen molar-refractivity contribution in [1.82, 2.24) is 4.90 Å². The van der Waals surface area contributed by atoms with Crippen molar-refractivity contribution in [2.24, 2.45) is 5.41 Å². The molecule has 1 atom stereocenters. The van der Waals surface area contributed by atoms with Crippen LogP contribution < -0.4 is 0 Å². The maximum absolute atomic E-state index is 13.1. The molecule has 0 N–H and O–H groups in total. The molecule has 122 valence electrons. The third-order valence-electron chi connectivity index (χ3n) is 5.04. The van der Waals surface area contributed by atoms with E-state index in [1.54, 1.807) is 12.1 Å². The van der Waals surface area contributed by atoms with E-state index < -0.39 is 0 Å². The minimum Gasteiger partial charge on any atom is -0.381 e. The Kier molecular flexibility index (Phi) is 5.11. The van der Waals surface area contributed by atoms with Gasteiger partial charge in [-0.25, -0.2) is 4.39 Å². The van der Waals surface area contributed by atoms with E-state index in [1.165, 1.54) is 5.56 Å². The third kappa shape index (κ3) is 3.86. The molecular weight excluding hydrogens is 281 g/mol. The standard InChI is InChI=1S/C18H26FNO2/c1-15(16-2-4-17(19)5-3-16)12-20-8-11-22-14-18(13-20)6-9-21-10-7-18/h2-5,15H,6-14H2,1H3. The number of hydrogen-bond acceptors (Lipinski definition) is 3. The molecule has 0 aromatic heterocycles. The molecule has 2 saturated heterocycles. The summed E-state index contributed by atoms with van der Waals surface area (Å²) < 4.78 is 24.5. The quantitative estimate of drug-likeness (QED) is 0.857. The van der Waals surface area contributed by atoms with Crippen LogP contribution in [-0.2, 0) is 9.47 Å². The highest BCUT2D eigenvalue weighted by molar-refractivity contribution is 5.20. The Bertz CT molecular complexity index is 470. The van der Waals surface area contributed by atoms with Crippen LogP contribution >= 0.6 is 0 Å². The van der Waals surface area contributed by atoms with Crippen molar-refractivity contribution in [1.29, 1.82) is 0 Å². The number of nitrogens with zero attached hydrogens (tertiary/aromatic N) is 1. The second-order valence-electron chi connectivity index (χ2n) is 6.85. The molecule has 0 aliphatic carbocycles. The van der Waals surface area contributed by atoms with Gasteiger partial charge in [0.05, 0.1) is 13.2 Å². The predicted octanol–water partition coefficient (Wildman–Crippen LogP) is 3.06. The summed E-state index contributed by atoms with van der Waals surface area (Å²) in [5.41, 5.74) is 1.46. The van der Waals surface area contributed by atoms with E-state index >= 15 is 0 Å². The van der Waals surface area contributed by atoms with Crippen LogP contribution in [-0.4, -0.2) is 51.0 Å². The van der Waals surface area contributed by atoms with Crippen molar-refractivity contribution in [2.75, 3.05) is 46.1 Å². The second kappa shape index (κ2) is 7.07. The summed E-state index contributed by atoms with van der Waals surface area (Å²) in [5, 5.41) is 0. The van der Waals surface area contributed by atoms with Crippen LogP contribution in [0.3, 0.4) is 0 Å². The van der Waals surface area contributed by atoms with Crippen LogP contribution in [0.1, 0.15) is 31.2 Å². The lowest BCUT2D eigenvalue weighted by Crippen LogP contribution is -2.43. The minimum absolute atomic E-state index is 0.166. The van der Waals surface area contributed by atoms with Gasteiger partial charge in [0, 0.05) is 38.3 Å². The van der Waals surface area contributed by atoms with Gasteiger partial charge in [-0.15, -0.1) is 0 Å². The van der Waals surface area contributed by atoms with Gasteiger partial charge in [-0.2, -0.15) is 0 Å². The zero-order valence-electron chi connectivity index (χ0n) is 13.4. The summed E-state index contributed by atoms with van der Waals surface area (Å²) in [4.78, 5) is 2.52. The second-order valence-corrected chi connectivity index (χ2v) is 6.85. The van der Waals surface area contributed by atoms with Gasteiger partial charge in [-0.3, -0.25) is 4.90 Å². The van der Waals surface area contributed by atoms with Gasteiger partial charge < -0.3 is 9.47 Å². The monoisotopic (exact) mass is 307 g/mol. The first kappa shape index (κ1) is 15.9. The molecule has 1 spiro atoms. The molecule has 1 aromatic rings. The van der Waals surface area contributed by atoms with E-state index in [2.05, 4.69) is 11.8 Å². The smallest absolute Gasteiger partial charge is 0.123 e. The van der Waals surface area contributed by atoms with Crippen LogP contribution in [0.4, 0.5) is 4.39 Å². The summed E-state index contributed by atoms with van der Waals surface area (Å²) in [5.74, 6) is 0.232. The number of hydrogen-bond donors (Lipinski definition) is 0. The third-order valence-corrected chi connectivity index (χ3v) is 5.04. The number of benzene rings is 1. The molecule has 0 amide bonds. The summed E-state index contributed by atoms with van der Waals surface area (Å²) in [7, 11) is 0. The summed E-state index contributed by atoms with van der Waals surface area (Å²) in [6.45, 7) is 8.65. The van der Waals surface area contributed by atoms with Crippen molar-refractivity contribution in [3.05, 3.63) is 35.6 Å². The minimum atomic E-state index is -0.166. The van der Waals surface area contributed by atoms with Crippen LogP contribution in [0, 0.1) is 11.2 Å². The van der Waals surface area contributed by atoms with Crippen LogP contribution in [0.15, 0.2) is 24.3 Å². The zero-order valence-corrected chi connectivity index (χ0v) is 13.4. The molecule has 3 rings (SSSR count). The lowest BCUT2D eigenvalue weighted by molar-refractivity contribution is -0.0317. The molecule has 1 aromatic carbocycles. The first-order valence-electron chi connectivity index (χ1n) is 8.30. The maximum Gasteiger partial charge on any atom is 0.123 e. The molecule has 4 heteroatoms. The van der Waals surface area contributed by atoms with Crippen molar-refractivity contribution >= 4 is 0 Å². The highest BCUT2D eigenvalue weighted by Gasteiger charge is 2.36. The van der Waals surface area contributed by atoms with Gasteiger partial charge >= 0.3 is 0 Å². The lowest BCUT2D eigenvalue weighted by Gasteiger charge is -2.39. The fraction of sp³-hybridized carbons (Fsp3) is 0.667. The molecule has 2 aliphatic rings. The Balaban J connectivity index is 1.64. The van der Waals surface area contributed by atoms with E-state index in [-0.39, 0.29) is 11.2 Å². The predicted molar refractivity (Wildman–Crippen MR) is 84.6 cm³/mol. The van der Waals surface area contributed by atoms with Crippen LogP contribution in [0.25, 0.3) is 0 Å². The Hall–Kier alpha value is -0.970. The van der Waals surface area contributed by atoms with Gasteiger partial charge in [-0.1, -0.05) is 19.1 Å². The van der Waals surface area contributed by atoms with Gasteiger partial charge in [-0.05, 0) is 36.5 Å². The van der Waals surface area contributed by atoms with Crippen molar-refractivity contribution in [3.8, 4) is 0 Å². The SMILES string of the molecule is CC(CN1CCOCC2(CCOCC2)C1)c1ccc(F)cc1. The van der Waals surface area contributed by atoms with Crippen LogP contribution in [0.2, 0.25) is 0 Å². The lowest BCUT2D eigenvalue weighted by atomic mass is 9.80. The molecule has 0 radical (unpaired) electrons. The van der Waals surface area contributed by atoms with E-state index in [9.17, 15) is 4.39 Å². The summed E-state index contributed by atoms with van der Waals surface area (Å²) >= 11 is 0. The van der Waals surface area contributed by atoms with Crippen molar-refractivity contribution < 1.29 is 13.9 Å². The average Bonchev–Trinajstić information content (AvgIpc) is 2.71. The molecular formula is C18H26FNO2. The fourth-order valence-corrected chi connectivity index (χ4v) is 3.63. The molecule has 0 bridgehead atoms. The fourth-order valence-electron chi connectivity index (χ4n) is 3.63. The maximum atomic E-state index is 13.1. The van der Waals surface area contributed by atoms with Crippen molar-refractivity contribution in [3.63, 3.8) is 0 Å². The van der Waals surface area contributed by atoms with E-state index in [0.717, 1.165) is 58.9 Å². The largest absolute Gasteiger partial charge is 0.381 e. The molecule has 2 fully saturated rings. The van der Waals surface area contributed by atoms with Gasteiger partial charge in [0.1, 0.15) is 5.82 Å². The Morgan fingerprint density at radius 1 is 1.14 bits per heavy atom. The Labute approximate surface area is 132 Å². The highest BCUT2D eigenvalue weighted by Crippen LogP contribution is 2.34. The van der Waals surface area contributed by atoms with Gasteiger partial charge in [0.2, 0.25) is 0 Å². The molecule has 22 heavy (non-hydrogen) atoms. The van der Waals surface area contributed by atoms with E-state index in [4.69, 9.17) is 9.47 Å². The normalized spacial score (nSPS) is 24.1. The van der Waals surface area contributed by atoms with Crippen molar-refractivity contribution in [2.45, 2.75) is 25.7 Å². The molecule has 1 unspecified atom stereocenters. The highest BCUT2D eigenvalue weighted by atomic mass is 19.1. The first-order chi connectivity index (χ1) is 10.7. The van der Waals surface area contributed by atoms with Crippen LogP contribution in [0.5, 0.6) is 0 Å². The Morgan fingerprint density at radius 2 is 1.86 bits per heavy atom. The summed E-state index contributed by atoms with van der Waals surface area (Å²) in [6.07, 6.45) is 2.18. The van der Waals surface area contributed by atoms with Gasteiger partial charge in [0.15, 0.2) is 0 Å². The number of halogens is 1. The van der Waals surface area contributed by atoms with E-state index in [1.807, 2.05) is 12.1 Å². The topological polar surface area (TPSA) is 21.7 Å². The molecule has 2 aliphatic heterocycles. The average molecular weight is 307 g/mol. The first-order valence-corrected chi connectivity index (χ1v) is 8.30. The molecule has 3 nitrogen and oxygen atoms in total. The zero-order chi connectivity index (χ0) is 15.4.